The van der Waals surface area contributed by atoms with Crippen LogP contribution in [0.3, 0.4) is 0 Å². The predicted molar refractivity (Wildman–Crippen MR) is 69.9 cm³/mol. The first-order valence-electron chi connectivity index (χ1n) is 5.57. The maximum absolute atomic E-state index is 11.9. The van der Waals surface area contributed by atoms with Crippen LogP contribution < -0.4 is 15.0 Å². The molecule has 2 aromatic rings. The van der Waals surface area contributed by atoms with Crippen LogP contribution in [-0.4, -0.2) is 18.8 Å². The van der Waals surface area contributed by atoms with Crippen molar-refractivity contribution >= 4 is 0 Å². The van der Waals surface area contributed by atoms with Gasteiger partial charge in [-0.15, -0.1) is 0 Å². The molecule has 0 aliphatic carbocycles. The Morgan fingerprint density at radius 1 is 1.00 bits per heavy atom. The summed E-state index contributed by atoms with van der Waals surface area (Å²) >= 11 is 0. The molecule has 4 nitrogen and oxygen atoms in total. The van der Waals surface area contributed by atoms with Gasteiger partial charge in [0.15, 0.2) is 0 Å². The van der Waals surface area contributed by atoms with Crippen LogP contribution in [0.25, 0.3) is 5.69 Å². The molecule has 0 radical (unpaired) electrons. The molecular formula is C14H15NO3. The second-order valence-electron chi connectivity index (χ2n) is 3.99. The van der Waals surface area contributed by atoms with Crippen molar-refractivity contribution in [2.45, 2.75) is 6.92 Å². The van der Waals surface area contributed by atoms with Gasteiger partial charge in [0.2, 0.25) is 0 Å². The lowest BCUT2D eigenvalue weighted by atomic mass is 10.2. The van der Waals surface area contributed by atoms with E-state index in [1.807, 2.05) is 6.92 Å². The molecule has 0 saturated heterocycles. The Bertz CT molecular complexity index is 594. The molecule has 1 heterocycles. The zero-order valence-electron chi connectivity index (χ0n) is 10.6. The maximum atomic E-state index is 11.9. The summed E-state index contributed by atoms with van der Waals surface area (Å²) in [7, 11) is 3.16. The average molecular weight is 245 g/mol. The molecular weight excluding hydrogens is 230 g/mol. The highest BCUT2D eigenvalue weighted by Gasteiger charge is 2.05. The fourth-order valence-electron chi connectivity index (χ4n) is 1.73. The van der Waals surface area contributed by atoms with E-state index in [1.54, 1.807) is 55.3 Å². The molecule has 0 unspecified atom stereocenters. The van der Waals surface area contributed by atoms with Gasteiger partial charge in [0, 0.05) is 30.5 Å². The number of hydrogen-bond acceptors (Lipinski definition) is 3. The monoisotopic (exact) mass is 245 g/mol. The lowest BCUT2D eigenvalue weighted by Gasteiger charge is -2.10. The zero-order valence-corrected chi connectivity index (χ0v) is 10.6. The minimum Gasteiger partial charge on any atom is -0.497 e. The third-order valence-corrected chi connectivity index (χ3v) is 2.67. The zero-order chi connectivity index (χ0) is 13.1. The standard InChI is InChI=1S/C14H15NO3/c1-10-4-5-14(16)15(9-10)11-6-12(17-2)8-13(7-11)18-3/h4-9H,1-3H3. The number of methoxy groups -OCH3 is 2. The van der Waals surface area contributed by atoms with Crippen molar-refractivity contribution in [2.75, 3.05) is 14.2 Å². The lowest BCUT2D eigenvalue weighted by Crippen LogP contribution is -2.16. The van der Waals surface area contributed by atoms with Gasteiger partial charge in [-0.1, -0.05) is 6.07 Å². The SMILES string of the molecule is COc1cc(OC)cc(-n2cc(C)ccc2=O)c1. The van der Waals surface area contributed by atoms with Crippen LogP contribution in [0.1, 0.15) is 5.56 Å². The van der Waals surface area contributed by atoms with Crippen LogP contribution in [-0.2, 0) is 0 Å². The molecule has 1 aromatic carbocycles. The van der Waals surface area contributed by atoms with Crippen molar-refractivity contribution in [3.63, 3.8) is 0 Å². The van der Waals surface area contributed by atoms with Gasteiger partial charge in [-0.25, -0.2) is 0 Å². The summed E-state index contributed by atoms with van der Waals surface area (Å²) in [5.41, 5.74) is 1.65. The molecule has 2 rings (SSSR count). The largest absolute Gasteiger partial charge is 0.497 e. The Labute approximate surface area is 105 Å². The van der Waals surface area contributed by atoms with Crippen molar-refractivity contribution in [1.82, 2.24) is 4.57 Å². The normalized spacial score (nSPS) is 10.2. The van der Waals surface area contributed by atoms with Gasteiger partial charge in [0.05, 0.1) is 19.9 Å². The van der Waals surface area contributed by atoms with Crippen molar-refractivity contribution in [3.05, 3.63) is 52.4 Å². The molecule has 0 aliphatic heterocycles. The molecule has 0 fully saturated rings. The van der Waals surface area contributed by atoms with E-state index < -0.39 is 0 Å². The highest BCUT2D eigenvalue weighted by Crippen LogP contribution is 2.24. The molecule has 0 N–H and O–H groups in total. The highest BCUT2D eigenvalue weighted by molar-refractivity contribution is 5.46. The van der Waals surface area contributed by atoms with E-state index >= 15 is 0 Å². The van der Waals surface area contributed by atoms with Crippen molar-refractivity contribution in [3.8, 4) is 17.2 Å². The minimum absolute atomic E-state index is 0.0871. The van der Waals surface area contributed by atoms with Crippen molar-refractivity contribution in [1.29, 1.82) is 0 Å². The van der Waals surface area contributed by atoms with Gasteiger partial charge >= 0.3 is 0 Å². The number of ether oxygens (including phenoxy) is 2. The summed E-state index contributed by atoms with van der Waals surface area (Å²) in [5.74, 6) is 1.30. The Morgan fingerprint density at radius 3 is 2.17 bits per heavy atom. The Morgan fingerprint density at radius 2 is 1.61 bits per heavy atom. The summed E-state index contributed by atoms with van der Waals surface area (Å²) < 4.78 is 12.0. The smallest absolute Gasteiger partial charge is 0.255 e. The first-order chi connectivity index (χ1) is 8.63. The number of aryl methyl sites for hydroxylation is 1. The van der Waals surface area contributed by atoms with E-state index in [4.69, 9.17) is 9.47 Å². The Hall–Kier alpha value is -2.23. The molecule has 0 spiro atoms. The van der Waals surface area contributed by atoms with E-state index in [1.165, 1.54) is 0 Å². The molecule has 0 atom stereocenters. The van der Waals surface area contributed by atoms with Crippen molar-refractivity contribution < 1.29 is 9.47 Å². The van der Waals surface area contributed by atoms with Crippen LogP contribution in [0.2, 0.25) is 0 Å². The minimum atomic E-state index is -0.0871. The summed E-state index contributed by atoms with van der Waals surface area (Å²) in [4.78, 5) is 11.9. The van der Waals surface area contributed by atoms with E-state index in [0.717, 1.165) is 11.3 Å². The molecule has 0 amide bonds. The number of aromatic nitrogens is 1. The van der Waals surface area contributed by atoms with Gasteiger partial charge < -0.3 is 9.47 Å². The topological polar surface area (TPSA) is 40.5 Å². The second-order valence-corrected chi connectivity index (χ2v) is 3.99. The Balaban J connectivity index is 2.62. The summed E-state index contributed by atoms with van der Waals surface area (Å²) in [6.45, 7) is 1.94. The van der Waals surface area contributed by atoms with E-state index in [-0.39, 0.29) is 5.56 Å². The quantitative estimate of drug-likeness (QED) is 0.832. The number of nitrogens with zero attached hydrogens (tertiary/aromatic N) is 1. The summed E-state index contributed by atoms with van der Waals surface area (Å²) in [6.07, 6.45) is 1.79. The van der Waals surface area contributed by atoms with Gasteiger partial charge in [-0.3, -0.25) is 9.36 Å². The molecule has 0 aliphatic rings. The van der Waals surface area contributed by atoms with E-state index in [0.29, 0.717) is 11.5 Å². The van der Waals surface area contributed by atoms with Gasteiger partial charge in [0.25, 0.3) is 5.56 Å². The second kappa shape index (κ2) is 4.96. The van der Waals surface area contributed by atoms with Gasteiger partial charge in [-0.2, -0.15) is 0 Å². The van der Waals surface area contributed by atoms with Crippen LogP contribution in [0.15, 0.2) is 41.3 Å². The number of benzene rings is 1. The lowest BCUT2D eigenvalue weighted by molar-refractivity contribution is 0.394. The van der Waals surface area contributed by atoms with Crippen LogP contribution in [0.4, 0.5) is 0 Å². The highest BCUT2D eigenvalue weighted by atomic mass is 16.5. The molecule has 0 saturated carbocycles. The summed E-state index contributed by atoms with van der Waals surface area (Å²) in [6, 6.07) is 8.69. The fraction of sp³-hybridized carbons (Fsp3) is 0.214. The molecule has 4 heteroatoms. The molecule has 0 bridgehead atoms. The van der Waals surface area contributed by atoms with Crippen molar-refractivity contribution in [2.24, 2.45) is 0 Å². The summed E-state index contributed by atoms with van der Waals surface area (Å²) in [5, 5.41) is 0. The van der Waals surface area contributed by atoms with Crippen LogP contribution in [0, 0.1) is 6.92 Å². The predicted octanol–water partition coefficient (Wildman–Crippen LogP) is 2.16. The third-order valence-electron chi connectivity index (χ3n) is 2.67. The third kappa shape index (κ3) is 2.37. The number of hydrogen-bond donors (Lipinski definition) is 0. The molecule has 94 valence electrons. The van der Waals surface area contributed by atoms with Crippen LogP contribution in [0.5, 0.6) is 11.5 Å². The maximum Gasteiger partial charge on any atom is 0.255 e. The molecule has 1 aromatic heterocycles. The van der Waals surface area contributed by atoms with Gasteiger partial charge in [0.1, 0.15) is 11.5 Å². The molecule has 18 heavy (non-hydrogen) atoms. The van der Waals surface area contributed by atoms with E-state index in [9.17, 15) is 4.79 Å². The van der Waals surface area contributed by atoms with Gasteiger partial charge in [-0.05, 0) is 12.5 Å². The fourth-order valence-corrected chi connectivity index (χ4v) is 1.73. The van der Waals surface area contributed by atoms with E-state index in [2.05, 4.69) is 0 Å². The number of pyridine rings is 1. The first kappa shape index (κ1) is 12.2. The Kier molecular flexibility index (Phi) is 3.37. The average Bonchev–Trinajstić information content (AvgIpc) is 2.40. The first-order valence-corrected chi connectivity index (χ1v) is 5.57. The van der Waals surface area contributed by atoms with Crippen LogP contribution >= 0.6 is 0 Å². The number of rotatable bonds is 3.